The van der Waals surface area contributed by atoms with Crippen molar-refractivity contribution in [3.8, 4) is 11.5 Å². The quantitative estimate of drug-likeness (QED) is 0.768. The zero-order valence-corrected chi connectivity index (χ0v) is 15.9. The third-order valence-electron chi connectivity index (χ3n) is 4.07. The summed E-state index contributed by atoms with van der Waals surface area (Å²) in [6.45, 7) is 2.57. The van der Waals surface area contributed by atoms with Crippen LogP contribution in [0.5, 0.6) is 11.5 Å². The maximum atomic E-state index is 12.9. The van der Waals surface area contributed by atoms with E-state index in [0.29, 0.717) is 31.1 Å². The van der Waals surface area contributed by atoms with Crippen LogP contribution in [-0.2, 0) is 16.1 Å². The number of fused-ring (bicyclic) bond motifs is 1. The molecule has 1 atom stereocenters. The minimum atomic E-state index is -1.03. The van der Waals surface area contributed by atoms with E-state index in [0.717, 1.165) is 5.56 Å². The number of hydrogen-bond donors (Lipinski definition) is 1. The van der Waals surface area contributed by atoms with Crippen molar-refractivity contribution >= 4 is 23.5 Å². The van der Waals surface area contributed by atoms with Crippen LogP contribution in [-0.4, -0.2) is 31.2 Å². The van der Waals surface area contributed by atoms with Crippen molar-refractivity contribution in [1.29, 1.82) is 0 Å². The Morgan fingerprint density at radius 3 is 2.68 bits per heavy atom. The van der Waals surface area contributed by atoms with E-state index in [1.54, 1.807) is 12.1 Å². The Kier molecular flexibility index (Phi) is 6.36. The van der Waals surface area contributed by atoms with Gasteiger partial charge in [0.1, 0.15) is 5.82 Å². The zero-order chi connectivity index (χ0) is 20.1. The van der Waals surface area contributed by atoms with E-state index in [-0.39, 0.29) is 22.9 Å². The summed E-state index contributed by atoms with van der Waals surface area (Å²) in [7, 11) is 0. The number of rotatable bonds is 5. The lowest BCUT2D eigenvalue weighted by molar-refractivity contribution is -0.129. The molecule has 1 aliphatic heterocycles. The lowest BCUT2D eigenvalue weighted by Gasteiger charge is -2.15. The molecule has 1 N–H and O–H groups in total. The molecule has 0 aromatic heterocycles. The predicted octanol–water partition coefficient (Wildman–Crippen LogP) is 3.50. The van der Waals surface area contributed by atoms with Crippen LogP contribution < -0.4 is 14.8 Å². The fourth-order valence-corrected chi connectivity index (χ4v) is 2.83. The fourth-order valence-electron chi connectivity index (χ4n) is 2.57. The van der Waals surface area contributed by atoms with Crippen molar-refractivity contribution < 1.29 is 28.2 Å². The van der Waals surface area contributed by atoms with Crippen LogP contribution in [0.1, 0.15) is 29.3 Å². The summed E-state index contributed by atoms with van der Waals surface area (Å²) < 4.78 is 29.2. The molecule has 1 amide bonds. The van der Waals surface area contributed by atoms with Crippen molar-refractivity contribution in [2.24, 2.45) is 0 Å². The molecular formula is C20H19ClFNO5. The molecule has 0 spiro atoms. The van der Waals surface area contributed by atoms with Gasteiger partial charge in [-0.25, -0.2) is 9.18 Å². The minimum Gasteiger partial charge on any atom is -0.489 e. The predicted molar refractivity (Wildman–Crippen MR) is 100 cm³/mol. The highest BCUT2D eigenvalue weighted by atomic mass is 35.5. The molecule has 28 heavy (non-hydrogen) atoms. The molecule has 0 unspecified atom stereocenters. The third kappa shape index (κ3) is 4.92. The average molecular weight is 408 g/mol. The molecule has 148 valence electrons. The van der Waals surface area contributed by atoms with E-state index < -0.39 is 18.0 Å². The number of benzene rings is 2. The number of carbonyl (C=O) groups excluding carboxylic acids is 2. The van der Waals surface area contributed by atoms with Crippen molar-refractivity contribution in [1.82, 2.24) is 5.32 Å². The number of carbonyl (C=O) groups is 2. The van der Waals surface area contributed by atoms with Crippen LogP contribution in [0.25, 0.3) is 0 Å². The van der Waals surface area contributed by atoms with E-state index in [2.05, 4.69) is 5.32 Å². The van der Waals surface area contributed by atoms with E-state index >= 15 is 0 Å². The molecule has 8 heteroatoms. The number of hydrogen-bond acceptors (Lipinski definition) is 5. The summed E-state index contributed by atoms with van der Waals surface area (Å²) in [5, 5.41) is 2.87. The van der Waals surface area contributed by atoms with Gasteiger partial charge in [-0.2, -0.15) is 0 Å². The SMILES string of the molecule is C[C@@H](OC(=O)c1cc(Cl)c2c(c1)OCCCO2)C(=O)NCc1ccc(F)cc1. The van der Waals surface area contributed by atoms with Gasteiger partial charge in [-0.3, -0.25) is 4.79 Å². The second kappa shape index (κ2) is 8.93. The normalized spacial score (nSPS) is 14.0. The first-order valence-corrected chi connectivity index (χ1v) is 9.14. The third-order valence-corrected chi connectivity index (χ3v) is 4.35. The van der Waals surface area contributed by atoms with E-state index in [9.17, 15) is 14.0 Å². The fraction of sp³-hybridized carbons (Fsp3) is 0.300. The summed E-state index contributed by atoms with van der Waals surface area (Å²) in [5.41, 5.74) is 0.885. The van der Waals surface area contributed by atoms with Crippen molar-refractivity contribution in [3.05, 3.63) is 58.4 Å². The molecule has 1 heterocycles. The maximum absolute atomic E-state index is 12.9. The summed E-state index contributed by atoms with van der Waals surface area (Å²) in [6.07, 6.45) is -0.321. The minimum absolute atomic E-state index is 0.160. The van der Waals surface area contributed by atoms with Gasteiger partial charge >= 0.3 is 5.97 Å². The molecule has 0 bridgehead atoms. The molecule has 0 saturated carbocycles. The van der Waals surface area contributed by atoms with Crippen LogP contribution in [0.2, 0.25) is 5.02 Å². The van der Waals surface area contributed by atoms with Crippen LogP contribution in [0.3, 0.4) is 0 Å². The first-order chi connectivity index (χ1) is 13.4. The molecule has 1 aliphatic rings. The lowest BCUT2D eigenvalue weighted by Crippen LogP contribution is -2.35. The maximum Gasteiger partial charge on any atom is 0.339 e. The van der Waals surface area contributed by atoms with Crippen molar-refractivity contribution in [3.63, 3.8) is 0 Å². The van der Waals surface area contributed by atoms with Gasteiger partial charge in [-0.15, -0.1) is 0 Å². The smallest absolute Gasteiger partial charge is 0.339 e. The lowest BCUT2D eigenvalue weighted by atomic mass is 10.2. The Morgan fingerprint density at radius 2 is 1.93 bits per heavy atom. The number of nitrogens with one attached hydrogen (secondary N) is 1. The van der Waals surface area contributed by atoms with Crippen molar-refractivity contribution in [2.45, 2.75) is 26.0 Å². The van der Waals surface area contributed by atoms with Crippen molar-refractivity contribution in [2.75, 3.05) is 13.2 Å². The Balaban J connectivity index is 1.60. The van der Waals surface area contributed by atoms with E-state index in [1.165, 1.54) is 31.2 Å². The molecule has 0 fully saturated rings. The van der Waals surface area contributed by atoms with Crippen LogP contribution in [0, 0.1) is 5.82 Å². The monoisotopic (exact) mass is 407 g/mol. The van der Waals surface area contributed by atoms with Gasteiger partial charge in [0.15, 0.2) is 17.6 Å². The van der Waals surface area contributed by atoms with Gasteiger partial charge in [0.2, 0.25) is 0 Å². The van der Waals surface area contributed by atoms with Gasteiger partial charge in [-0.05, 0) is 36.8 Å². The molecule has 3 rings (SSSR count). The standard InChI is InChI=1S/C20H19ClFNO5/c1-12(19(24)23-11-13-3-5-15(22)6-4-13)28-20(25)14-9-16(21)18-17(10-14)26-7-2-8-27-18/h3-6,9-10,12H,2,7-8,11H2,1H3,(H,23,24)/t12-/m1/s1. The molecular weight excluding hydrogens is 389 g/mol. The second-order valence-corrected chi connectivity index (χ2v) is 6.63. The summed E-state index contributed by atoms with van der Waals surface area (Å²) >= 11 is 6.17. The number of ether oxygens (including phenoxy) is 3. The molecule has 2 aromatic rings. The van der Waals surface area contributed by atoms with Gasteiger partial charge in [0, 0.05) is 13.0 Å². The summed E-state index contributed by atoms with van der Waals surface area (Å²) in [6, 6.07) is 8.63. The Labute approximate surface area is 166 Å². The highest BCUT2D eigenvalue weighted by molar-refractivity contribution is 6.32. The van der Waals surface area contributed by atoms with Gasteiger partial charge in [0.05, 0.1) is 23.8 Å². The molecule has 2 aromatic carbocycles. The number of halogens is 2. The first kappa shape index (κ1) is 19.9. The Bertz CT molecular complexity index is 872. The van der Waals surface area contributed by atoms with Gasteiger partial charge < -0.3 is 19.5 Å². The Morgan fingerprint density at radius 1 is 1.21 bits per heavy atom. The molecule has 0 radical (unpaired) electrons. The largest absolute Gasteiger partial charge is 0.489 e. The number of esters is 1. The average Bonchev–Trinajstić information content (AvgIpc) is 2.93. The van der Waals surface area contributed by atoms with Crippen LogP contribution >= 0.6 is 11.6 Å². The highest BCUT2D eigenvalue weighted by Gasteiger charge is 2.22. The molecule has 0 saturated heterocycles. The zero-order valence-electron chi connectivity index (χ0n) is 15.2. The first-order valence-electron chi connectivity index (χ1n) is 8.76. The van der Waals surface area contributed by atoms with E-state index in [1.807, 2.05) is 0 Å². The Hall–Kier alpha value is -2.80. The van der Waals surface area contributed by atoms with Gasteiger partial charge in [0.25, 0.3) is 5.91 Å². The molecule has 0 aliphatic carbocycles. The summed E-state index contributed by atoms with van der Waals surface area (Å²) in [5.74, 6) is -0.780. The van der Waals surface area contributed by atoms with Gasteiger partial charge in [-0.1, -0.05) is 23.7 Å². The van der Waals surface area contributed by atoms with E-state index in [4.69, 9.17) is 25.8 Å². The van der Waals surface area contributed by atoms with Crippen LogP contribution in [0.15, 0.2) is 36.4 Å². The topological polar surface area (TPSA) is 73.9 Å². The summed E-state index contributed by atoms with van der Waals surface area (Å²) in [4.78, 5) is 24.6. The van der Waals surface area contributed by atoms with Crippen LogP contribution in [0.4, 0.5) is 4.39 Å². The second-order valence-electron chi connectivity index (χ2n) is 6.23. The highest BCUT2D eigenvalue weighted by Crippen LogP contribution is 2.38. The molecule has 6 nitrogen and oxygen atoms in total. The number of amides is 1.